The minimum atomic E-state index is -0.489. The average Bonchev–Trinajstić information content (AvgIpc) is 2.83. The summed E-state index contributed by atoms with van der Waals surface area (Å²) in [5, 5.41) is 21.3. The second-order valence-electron chi connectivity index (χ2n) is 6.49. The standard InChI is InChI=1S/C21H23N5O4.C2H6/c1-3-26-21(30)17(24-15-11-7-10-14(18(15)27)19(28)22-2)16(20(29)25-26)23-12-13-8-5-4-6-9-13;1-2/h4-11,23-24,27H,3,12H2,1-2H3,(H,22,28)(H,25,29);1-2H3. The molecule has 5 N–H and O–H groups in total. The van der Waals surface area contributed by atoms with Crippen LogP contribution in [0.15, 0.2) is 58.1 Å². The van der Waals surface area contributed by atoms with Gasteiger partial charge in [-0.2, -0.15) is 0 Å². The number of aryl methyl sites for hydroxylation is 1. The van der Waals surface area contributed by atoms with E-state index in [0.717, 1.165) is 10.2 Å². The number of para-hydroxylation sites is 1. The van der Waals surface area contributed by atoms with Crippen LogP contribution in [0.3, 0.4) is 0 Å². The summed E-state index contributed by atoms with van der Waals surface area (Å²) < 4.78 is 1.16. The first-order chi connectivity index (χ1) is 15.5. The Morgan fingerprint density at radius 2 is 1.72 bits per heavy atom. The van der Waals surface area contributed by atoms with E-state index >= 15 is 0 Å². The molecule has 1 aromatic heterocycles. The number of anilines is 3. The number of carbonyl (C=O) groups is 1. The minimum absolute atomic E-state index is 0.0270. The molecule has 3 rings (SSSR count). The second kappa shape index (κ2) is 11.4. The van der Waals surface area contributed by atoms with Crippen LogP contribution < -0.4 is 27.1 Å². The van der Waals surface area contributed by atoms with E-state index in [9.17, 15) is 19.5 Å². The highest BCUT2D eigenvalue weighted by Gasteiger charge is 2.18. The van der Waals surface area contributed by atoms with E-state index in [1.807, 2.05) is 44.2 Å². The quantitative estimate of drug-likeness (QED) is 0.360. The Hall–Kier alpha value is -4.01. The van der Waals surface area contributed by atoms with Crippen LogP contribution in [-0.4, -0.2) is 27.8 Å². The molecule has 0 aliphatic rings. The van der Waals surface area contributed by atoms with Gasteiger partial charge in [-0.3, -0.25) is 19.5 Å². The number of aromatic nitrogens is 2. The summed E-state index contributed by atoms with van der Waals surface area (Å²) in [6, 6.07) is 13.9. The molecule has 9 heteroatoms. The molecule has 0 bridgehead atoms. The fourth-order valence-corrected chi connectivity index (χ4v) is 2.98. The molecule has 2 aromatic carbocycles. The van der Waals surface area contributed by atoms with Crippen LogP contribution in [0.2, 0.25) is 0 Å². The van der Waals surface area contributed by atoms with Crippen molar-refractivity contribution < 1.29 is 9.90 Å². The summed E-state index contributed by atoms with van der Waals surface area (Å²) in [5.74, 6) is -0.802. The van der Waals surface area contributed by atoms with Crippen LogP contribution in [0.5, 0.6) is 5.75 Å². The number of hydrogen-bond donors (Lipinski definition) is 5. The zero-order chi connectivity index (χ0) is 23.7. The summed E-state index contributed by atoms with van der Waals surface area (Å²) in [6.45, 7) is 6.30. The van der Waals surface area contributed by atoms with Gasteiger partial charge in [0, 0.05) is 20.1 Å². The molecule has 1 heterocycles. The Morgan fingerprint density at radius 3 is 2.34 bits per heavy atom. The monoisotopic (exact) mass is 439 g/mol. The number of aromatic amines is 1. The second-order valence-corrected chi connectivity index (χ2v) is 6.49. The van der Waals surface area contributed by atoms with Gasteiger partial charge in [0.2, 0.25) is 0 Å². The van der Waals surface area contributed by atoms with Crippen molar-refractivity contribution >= 4 is 23.0 Å². The Morgan fingerprint density at radius 1 is 1.03 bits per heavy atom. The number of rotatable bonds is 7. The number of nitrogens with zero attached hydrogens (tertiary/aromatic N) is 1. The lowest BCUT2D eigenvalue weighted by molar-refractivity contribution is 0.0960. The number of hydrogen-bond acceptors (Lipinski definition) is 6. The molecular weight excluding hydrogens is 410 g/mol. The molecule has 0 aliphatic heterocycles. The van der Waals surface area contributed by atoms with E-state index in [1.165, 1.54) is 19.2 Å². The Bertz CT molecular complexity index is 1170. The molecule has 0 radical (unpaired) electrons. The molecule has 0 unspecified atom stereocenters. The third-order valence-electron chi connectivity index (χ3n) is 4.57. The number of phenolic OH excluding ortho intramolecular Hbond substituents is 1. The summed E-state index contributed by atoms with van der Waals surface area (Å²) >= 11 is 0. The summed E-state index contributed by atoms with van der Waals surface area (Å²) in [5.41, 5.74) is 0.145. The van der Waals surface area contributed by atoms with E-state index in [2.05, 4.69) is 21.0 Å². The Balaban J connectivity index is 0.00000176. The van der Waals surface area contributed by atoms with Gasteiger partial charge < -0.3 is 21.1 Å². The smallest absolute Gasteiger partial charge is 0.291 e. The van der Waals surface area contributed by atoms with E-state index in [0.29, 0.717) is 6.54 Å². The molecule has 9 nitrogen and oxygen atoms in total. The highest BCUT2D eigenvalue weighted by Crippen LogP contribution is 2.30. The van der Waals surface area contributed by atoms with Crippen molar-refractivity contribution in [3.8, 4) is 5.75 Å². The summed E-state index contributed by atoms with van der Waals surface area (Å²) in [4.78, 5) is 37.5. The van der Waals surface area contributed by atoms with Gasteiger partial charge in [-0.1, -0.05) is 50.2 Å². The van der Waals surface area contributed by atoms with Crippen LogP contribution in [-0.2, 0) is 13.1 Å². The first-order valence-electron chi connectivity index (χ1n) is 10.4. The van der Waals surface area contributed by atoms with Crippen LogP contribution in [0.4, 0.5) is 17.1 Å². The first-order valence-corrected chi connectivity index (χ1v) is 10.4. The highest BCUT2D eigenvalue weighted by molar-refractivity contribution is 5.99. The first kappa shape index (κ1) is 24.3. The van der Waals surface area contributed by atoms with Gasteiger partial charge in [-0.05, 0) is 24.6 Å². The molecule has 3 aromatic rings. The number of amides is 1. The molecule has 32 heavy (non-hydrogen) atoms. The normalized spacial score (nSPS) is 10.0. The Labute approximate surface area is 186 Å². The van der Waals surface area contributed by atoms with Crippen molar-refractivity contribution in [3.05, 3.63) is 80.4 Å². The minimum Gasteiger partial charge on any atom is -0.505 e. The number of phenols is 1. The zero-order valence-electron chi connectivity index (χ0n) is 18.7. The zero-order valence-corrected chi connectivity index (χ0v) is 18.7. The maximum atomic E-state index is 12.9. The van der Waals surface area contributed by atoms with Crippen LogP contribution >= 0.6 is 0 Å². The van der Waals surface area contributed by atoms with E-state index in [4.69, 9.17) is 0 Å². The summed E-state index contributed by atoms with van der Waals surface area (Å²) in [7, 11) is 1.45. The third-order valence-corrected chi connectivity index (χ3v) is 4.57. The van der Waals surface area contributed by atoms with Crippen molar-refractivity contribution in [2.45, 2.75) is 33.9 Å². The molecule has 0 saturated heterocycles. The van der Waals surface area contributed by atoms with Gasteiger partial charge in [-0.15, -0.1) is 0 Å². The highest BCUT2D eigenvalue weighted by atomic mass is 16.3. The fraction of sp³-hybridized carbons (Fsp3) is 0.261. The lowest BCUT2D eigenvalue weighted by Gasteiger charge is -2.16. The van der Waals surface area contributed by atoms with Crippen molar-refractivity contribution in [1.29, 1.82) is 0 Å². The maximum Gasteiger partial charge on any atom is 0.291 e. The molecule has 1 amide bonds. The summed E-state index contributed by atoms with van der Waals surface area (Å²) in [6.07, 6.45) is 0. The predicted molar refractivity (Wildman–Crippen MR) is 127 cm³/mol. The van der Waals surface area contributed by atoms with Gasteiger partial charge in [-0.25, -0.2) is 4.68 Å². The van der Waals surface area contributed by atoms with Crippen molar-refractivity contribution in [3.63, 3.8) is 0 Å². The van der Waals surface area contributed by atoms with Gasteiger partial charge in [0.15, 0.2) is 5.75 Å². The lowest BCUT2D eigenvalue weighted by atomic mass is 10.1. The number of carbonyl (C=O) groups excluding carboxylic acids is 1. The Kier molecular flexibility index (Phi) is 8.64. The predicted octanol–water partition coefficient (Wildman–Crippen LogP) is 3.00. The fourth-order valence-electron chi connectivity index (χ4n) is 2.98. The van der Waals surface area contributed by atoms with Crippen molar-refractivity contribution in [2.75, 3.05) is 17.7 Å². The molecule has 0 aliphatic carbocycles. The molecule has 0 fully saturated rings. The van der Waals surface area contributed by atoms with E-state index in [-0.39, 0.29) is 34.9 Å². The molecule has 0 spiro atoms. The molecule has 0 atom stereocenters. The van der Waals surface area contributed by atoms with E-state index < -0.39 is 17.0 Å². The number of benzene rings is 2. The lowest BCUT2D eigenvalue weighted by Crippen LogP contribution is -2.33. The van der Waals surface area contributed by atoms with Crippen molar-refractivity contribution in [1.82, 2.24) is 15.1 Å². The SMILES string of the molecule is CC.CCn1[nH]c(=O)c(NCc2ccccc2)c(Nc2cccc(C(=O)NC)c2O)c1=O. The van der Waals surface area contributed by atoms with Gasteiger partial charge in [0.25, 0.3) is 17.0 Å². The largest absolute Gasteiger partial charge is 0.505 e. The van der Waals surface area contributed by atoms with Gasteiger partial charge in [0.1, 0.15) is 11.4 Å². The molecule has 0 saturated carbocycles. The topological polar surface area (TPSA) is 128 Å². The number of H-pyrrole nitrogens is 1. The van der Waals surface area contributed by atoms with Gasteiger partial charge in [0.05, 0.1) is 11.3 Å². The van der Waals surface area contributed by atoms with Gasteiger partial charge >= 0.3 is 0 Å². The average molecular weight is 440 g/mol. The van der Waals surface area contributed by atoms with E-state index in [1.54, 1.807) is 13.0 Å². The van der Waals surface area contributed by atoms with Crippen molar-refractivity contribution in [2.24, 2.45) is 0 Å². The number of aromatic hydroxyl groups is 1. The van der Waals surface area contributed by atoms with Crippen LogP contribution in [0, 0.1) is 0 Å². The number of nitrogens with one attached hydrogen (secondary N) is 4. The molecular formula is C23H29N5O4. The third kappa shape index (κ3) is 5.37. The van der Waals surface area contributed by atoms with Crippen LogP contribution in [0.25, 0.3) is 0 Å². The van der Waals surface area contributed by atoms with Crippen LogP contribution in [0.1, 0.15) is 36.7 Å². The molecule has 170 valence electrons. The maximum absolute atomic E-state index is 12.9.